The molecule has 0 fully saturated rings. The zero-order chi connectivity index (χ0) is 16.2. The molecule has 0 spiro atoms. The van der Waals surface area contributed by atoms with Gasteiger partial charge in [-0.1, -0.05) is 35.9 Å². The molecule has 116 valence electrons. The SMILES string of the molecule is CNS(=O)(=O)c1cccc(C(=O)OCc2cccc(C)c2)c1. The molecule has 2 aromatic carbocycles. The van der Waals surface area contributed by atoms with E-state index in [2.05, 4.69) is 4.72 Å². The Balaban J connectivity index is 2.12. The van der Waals surface area contributed by atoms with Gasteiger partial charge in [-0.3, -0.25) is 0 Å². The van der Waals surface area contributed by atoms with Crippen LogP contribution in [-0.4, -0.2) is 21.4 Å². The number of esters is 1. The lowest BCUT2D eigenvalue weighted by atomic mass is 10.1. The van der Waals surface area contributed by atoms with Gasteiger partial charge in [-0.15, -0.1) is 0 Å². The molecule has 2 aromatic rings. The summed E-state index contributed by atoms with van der Waals surface area (Å²) in [6.07, 6.45) is 0. The molecule has 0 bridgehead atoms. The third-order valence-corrected chi connectivity index (χ3v) is 4.51. The summed E-state index contributed by atoms with van der Waals surface area (Å²) in [5.74, 6) is -0.561. The maximum Gasteiger partial charge on any atom is 0.338 e. The lowest BCUT2D eigenvalue weighted by Gasteiger charge is -2.07. The van der Waals surface area contributed by atoms with Crippen LogP contribution in [0.5, 0.6) is 0 Å². The molecule has 0 radical (unpaired) electrons. The van der Waals surface area contributed by atoms with E-state index in [4.69, 9.17) is 4.74 Å². The van der Waals surface area contributed by atoms with Crippen molar-refractivity contribution in [2.24, 2.45) is 0 Å². The van der Waals surface area contributed by atoms with E-state index in [1.807, 2.05) is 31.2 Å². The Morgan fingerprint density at radius 2 is 1.86 bits per heavy atom. The first-order valence-electron chi connectivity index (χ1n) is 6.68. The predicted molar refractivity (Wildman–Crippen MR) is 83.0 cm³/mol. The van der Waals surface area contributed by atoms with E-state index in [1.54, 1.807) is 0 Å². The molecule has 0 aliphatic rings. The van der Waals surface area contributed by atoms with Crippen molar-refractivity contribution in [3.05, 3.63) is 65.2 Å². The second kappa shape index (κ2) is 6.72. The Morgan fingerprint density at radius 3 is 2.55 bits per heavy atom. The fraction of sp³-hybridized carbons (Fsp3) is 0.188. The quantitative estimate of drug-likeness (QED) is 0.858. The van der Waals surface area contributed by atoms with E-state index in [0.717, 1.165) is 11.1 Å². The van der Waals surface area contributed by atoms with E-state index in [1.165, 1.54) is 31.3 Å². The minimum absolute atomic E-state index is 0.0278. The minimum atomic E-state index is -3.58. The highest BCUT2D eigenvalue weighted by Gasteiger charge is 2.15. The van der Waals surface area contributed by atoms with Crippen LogP contribution in [0.2, 0.25) is 0 Å². The molecular formula is C16H17NO4S. The van der Waals surface area contributed by atoms with Crippen LogP contribution >= 0.6 is 0 Å². The van der Waals surface area contributed by atoms with Crippen LogP contribution in [-0.2, 0) is 21.4 Å². The Bertz CT molecular complexity index is 784. The number of sulfonamides is 1. The van der Waals surface area contributed by atoms with Crippen LogP contribution in [0.3, 0.4) is 0 Å². The van der Waals surface area contributed by atoms with Gasteiger partial charge >= 0.3 is 5.97 Å². The van der Waals surface area contributed by atoms with Crippen molar-refractivity contribution < 1.29 is 17.9 Å². The predicted octanol–water partition coefficient (Wildman–Crippen LogP) is 2.26. The molecule has 22 heavy (non-hydrogen) atoms. The molecule has 5 nitrogen and oxygen atoms in total. The van der Waals surface area contributed by atoms with E-state index < -0.39 is 16.0 Å². The van der Waals surface area contributed by atoms with Crippen LogP contribution in [0, 0.1) is 6.92 Å². The number of carbonyl (C=O) groups is 1. The average Bonchev–Trinajstić information content (AvgIpc) is 2.53. The molecule has 2 rings (SSSR count). The molecule has 1 N–H and O–H groups in total. The van der Waals surface area contributed by atoms with Gasteiger partial charge in [-0.05, 0) is 37.7 Å². The molecule has 0 atom stereocenters. The summed E-state index contributed by atoms with van der Waals surface area (Å²) >= 11 is 0. The summed E-state index contributed by atoms with van der Waals surface area (Å²) in [6, 6.07) is 13.4. The highest BCUT2D eigenvalue weighted by Crippen LogP contribution is 2.13. The Kier molecular flexibility index (Phi) is 4.95. The van der Waals surface area contributed by atoms with E-state index in [9.17, 15) is 13.2 Å². The van der Waals surface area contributed by atoms with Crippen molar-refractivity contribution in [1.82, 2.24) is 4.72 Å². The second-order valence-corrected chi connectivity index (χ2v) is 6.69. The minimum Gasteiger partial charge on any atom is -0.457 e. The van der Waals surface area contributed by atoms with Gasteiger partial charge in [-0.25, -0.2) is 17.9 Å². The molecule has 0 heterocycles. The molecule has 0 amide bonds. The molecule has 0 saturated carbocycles. The summed E-state index contributed by atoms with van der Waals surface area (Å²) in [4.78, 5) is 12.1. The third-order valence-electron chi connectivity index (χ3n) is 3.10. The number of ether oxygens (including phenoxy) is 1. The van der Waals surface area contributed by atoms with Gasteiger partial charge in [0.1, 0.15) is 6.61 Å². The topological polar surface area (TPSA) is 72.5 Å². The highest BCUT2D eigenvalue weighted by atomic mass is 32.2. The molecule has 0 aromatic heterocycles. The smallest absolute Gasteiger partial charge is 0.338 e. The van der Waals surface area contributed by atoms with Crippen LogP contribution < -0.4 is 4.72 Å². The third kappa shape index (κ3) is 3.93. The zero-order valence-corrected chi connectivity index (χ0v) is 13.2. The van der Waals surface area contributed by atoms with Gasteiger partial charge in [0.05, 0.1) is 10.5 Å². The van der Waals surface area contributed by atoms with E-state index in [-0.39, 0.29) is 17.1 Å². The monoisotopic (exact) mass is 319 g/mol. The van der Waals surface area contributed by atoms with Gasteiger partial charge in [0, 0.05) is 0 Å². The lowest BCUT2D eigenvalue weighted by Crippen LogP contribution is -2.19. The van der Waals surface area contributed by atoms with Gasteiger partial charge in [0.15, 0.2) is 0 Å². The van der Waals surface area contributed by atoms with Gasteiger partial charge < -0.3 is 4.74 Å². The van der Waals surface area contributed by atoms with Gasteiger partial charge in [0.25, 0.3) is 0 Å². The summed E-state index contributed by atoms with van der Waals surface area (Å²) in [7, 11) is -2.27. The molecule has 6 heteroatoms. The van der Waals surface area contributed by atoms with Crippen LogP contribution in [0.4, 0.5) is 0 Å². The van der Waals surface area contributed by atoms with Crippen LogP contribution in [0.15, 0.2) is 53.4 Å². The van der Waals surface area contributed by atoms with Crippen molar-refractivity contribution in [3.8, 4) is 0 Å². The fourth-order valence-corrected chi connectivity index (χ4v) is 2.72. The van der Waals surface area contributed by atoms with E-state index >= 15 is 0 Å². The zero-order valence-electron chi connectivity index (χ0n) is 12.4. The number of hydrogen-bond acceptors (Lipinski definition) is 4. The maximum atomic E-state index is 12.0. The van der Waals surface area contributed by atoms with Crippen molar-refractivity contribution in [3.63, 3.8) is 0 Å². The highest BCUT2D eigenvalue weighted by molar-refractivity contribution is 7.89. The van der Waals surface area contributed by atoms with E-state index in [0.29, 0.717) is 0 Å². The number of rotatable bonds is 5. The van der Waals surface area contributed by atoms with Crippen molar-refractivity contribution in [2.75, 3.05) is 7.05 Å². The van der Waals surface area contributed by atoms with Crippen molar-refractivity contribution in [2.45, 2.75) is 18.4 Å². The van der Waals surface area contributed by atoms with Gasteiger partial charge in [0.2, 0.25) is 10.0 Å². The second-order valence-electron chi connectivity index (χ2n) is 4.80. The van der Waals surface area contributed by atoms with Crippen LogP contribution in [0.1, 0.15) is 21.5 Å². The maximum absolute atomic E-state index is 12.0. The average molecular weight is 319 g/mol. The summed E-state index contributed by atoms with van der Waals surface area (Å²) in [6.45, 7) is 2.10. The first kappa shape index (κ1) is 16.2. The summed E-state index contributed by atoms with van der Waals surface area (Å²) in [5.41, 5.74) is 2.16. The molecule has 0 aliphatic heterocycles. The lowest BCUT2D eigenvalue weighted by molar-refractivity contribution is 0.0472. The molecule has 0 saturated heterocycles. The first-order valence-corrected chi connectivity index (χ1v) is 8.17. The fourth-order valence-electron chi connectivity index (χ4n) is 1.94. The number of aryl methyl sites for hydroxylation is 1. The van der Waals surface area contributed by atoms with Crippen molar-refractivity contribution in [1.29, 1.82) is 0 Å². The standard InChI is InChI=1S/C16H17NO4S/c1-12-5-3-6-13(9-12)11-21-16(18)14-7-4-8-15(10-14)22(19,20)17-2/h3-10,17H,11H2,1-2H3. The number of nitrogens with one attached hydrogen (secondary N) is 1. The van der Waals surface area contributed by atoms with Crippen molar-refractivity contribution >= 4 is 16.0 Å². The Morgan fingerprint density at radius 1 is 1.14 bits per heavy atom. The molecule has 0 unspecified atom stereocenters. The van der Waals surface area contributed by atoms with Gasteiger partial charge in [-0.2, -0.15) is 0 Å². The first-order chi connectivity index (χ1) is 10.4. The number of carbonyl (C=O) groups excluding carboxylic acids is 1. The Hall–Kier alpha value is -2.18. The van der Waals surface area contributed by atoms with Crippen LogP contribution in [0.25, 0.3) is 0 Å². The Labute approximate surface area is 130 Å². The number of hydrogen-bond donors (Lipinski definition) is 1. The summed E-state index contributed by atoms with van der Waals surface area (Å²) < 4.78 is 30.9. The summed E-state index contributed by atoms with van der Waals surface area (Å²) in [5, 5.41) is 0. The number of benzene rings is 2. The normalized spacial score (nSPS) is 11.2. The largest absolute Gasteiger partial charge is 0.457 e. The molecular weight excluding hydrogens is 302 g/mol. The molecule has 0 aliphatic carbocycles.